The average molecular weight is 254 g/mol. The van der Waals surface area contributed by atoms with Gasteiger partial charge in [0.25, 0.3) is 0 Å². The first-order valence-electron chi connectivity index (χ1n) is 7.19. The number of fused-ring (bicyclic) bond motifs is 2. The van der Waals surface area contributed by atoms with Crippen molar-refractivity contribution in [3.05, 3.63) is 41.0 Å². The predicted molar refractivity (Wildman–Crippen MR) is 78.8 cm³/mol. The number of allylic oxidation sites excluding steroid dienone is 1. The van der Waals surface area contributed by atoms with Gasteiger partial charge in [-0.15, -0.1) is 0 Å². The van der Waals surface area contributed by atoms with Crippen LogP contribution in [-0.2, 0) is 4.79 Å². The first-order chi connectivity index (χ1) is 8.86. The number of benzene rings is 1. The molecule has 2 saturated carbocycles. The molecule has 0 aromatic heterocycles. The van der Waals surface area contributed by atoms with Crippen LogP contribution in [0.4, 0.5) is 0 Å². The van der Waals surface area contributed by atoms with Crippen LogP contribution in [0.25, 0.3) is 6.08 Å². The molecule has 0 amide bonds. The maximum Gasteiger partial charge on any atom is 0.165 e. The highest BCUT2D eigenvalue weighted by atomic mass is 16.1. The summed E-state index contributed by atoms with van der Waals surface area (Å²) < 4.78 is 0. The normalized spacial score (nSPS) is 34.2. The predicted octanol–water partition coefficient (Wildman–Crippen LogP) is 4.40. The Labute approximate surface area is 115 Å². The highest BCUT2D eigenvalue weighted by Crippen LogP contribution is 2.65. The summed E-state index contributed by atoms with van der Waals surface area (Å²) in [7, 11) is 0. The minimum absolute atomic E-state index is 0.111. The number of hydrogen-bond acceptors (Lipinski definition) is 1. The maximum absolute atomic E-state index is 12.7. The Hall–Kier alpha value is -1.37. The van der Waals surface area contributed by atoms with Crippen molar-refractivity contribution < 1.29 is 4.79 Å². The van der Waals surface area contributed by atoms with Gasteiger partial charge in [-0.25, -0.2) is 0 Å². The highest BCUT2D eigenvalue weighted by Gasteiger charge is 2.63. The van der Waals surface area contributed by atoms with Gasteiger partial charge in [-0.2, -0.15) is 0 Å². The van der Waals surface area contributed by atoms with Crippen LogP contribution in [0.5, 0.6) is 0 Å². The molecule has 0 saturated heterocycles. The molecule has 2 aliphatic rings. The lowest BCUT2D eigenvalue weighted by atomic mass is 9.70. The van der Waals surface area contributed by atoms with Crippen molar-refractivity contribution in [2.24, 2.45) is 16.7 Å². The SMILES string of the molecule is Cc1cccc(/C=C2\C(=O)C3(C)CCC2C3(C)C)c1. The number of aryl methyl sites for hydroxylation is 1. The molecule has 0 aliphatic heterocycles. The Balaban J connectivity index is 2.06. The highest BCUT2D eigenvalue weighted by molar-refractivity contribution is 6.07. The first-order valence-corrected chi connectivity index (χ1v) is 7.19. The molecule has 2 atom stereocenters. The third-order valence-electron chi connectivity index (χ3n) is 5.73. The third-order valence-corrected chi connectivity index (χ3v) is 5.73. The average Bonchev–Trinajstić information content (AvgIpc) is 2.64. The summed E-state index contributed by atoms with van der Waals surface area (Å²) >= 11 is 0. The van der Waals surface area contributed by atoms with Crippen molar-refractivity contribution in [2.75, 3.05) is 0 Å². The molecule has 0 N–H and O–H groups in total. The molecule has 1 nitrogen and oxygen atoms in total. The van der Waals surface area contributed by atoms with E-state index in [1.165, 1.54) is 5.56 Å². The van der Waals surface area contributed by atoms with Gasteiger partial charge in [-0.3, -0.25) is 4.79 Å². The maximum atomic E-state index is 12.7. The molecule has 0 radical (unpaired) electrons. The lowest BCUT2D eigenvalue weighted by Crippen LogP contribution is -2.32. The number of carbonyl (C=O) groups is 1. The molecule has 1 aromatic carbocycles. The summed E-state index contributed by atoms with van der Waals surface area (Å²) in [6.07, 6.45) is 4.34. The number of ketones is 1. The smallest absolute Gasteiger partial charge is 0.165 e. The fraction of sp³-hybridized carbons (Fsp3) is 0.500. The van der Waals surface area contributed by atoms with Crippen molar-refractivity contribution in [1.29, 1.82) is 0 Å². The van der Waals surface area contributed by atoms with Gasteiger partial charge in [-0.1, -0.05) is 50.6 Å². The zero-order valence-corrected chi connectivity index (χ0v) is 12.3. The van der Waals surface area contributed by atoms with Gasteiger partial charge < -0.3 is 0 Å². The van der Waals surface area contributed by atoms with Gasteiger partial charge in [0.15, 0.2) is 5.78 Å². The summed E-state index contributed by atoms with van der Waals surface area (Å²) in [5.41, 5.74) is 3.43. The number of carbonyl (C=O) groups excluding carboxylic acids is 1. The second-order valence-corrected chi connectivity index (χ2v) is 6.99. The van der Waals surface area contributed by atoms with Crippen molar-refractivity contribution in [2.45, 2.75) is 40.5 Å². The molecule has 2 unspecified atom stereocenters. The zero-order chi connectivity index (χ0) is 13.8. The van der Waals surface area contributed by atoms with Crippen LogP contribution < -0.4 is 0 Å². The molecule has 19 heavy (non-hydrogen) atoms. The van der Waals surface area contributed by atoms with E-state index in [1.54, 1.807) is 0 Å². The number of rotatable bonds is 1. The fourth-order valence-electron chi connectivity index (χ4n) is 4.03. The Morgan fingerprint density at radius 2 is 2.00 bits per heavy atom. The fourth-order valence-corrected chi connectivity index (χ4v) is 4.03. The molecular weight excluding hydrogens is 232 g/mol. The molecule has 100 valence electrons. The Bertz CT molecular complexity index is 579. The molecule has 0 heterocycles. The van der Waals surface area contributed by atoms with Crippen LogP contribution in [0.15, 0.2) is 29.8 Å². The van der Waals surface area contributed by atoms with Gasteiger partial charge in [-0.05, 0) is 48.3 Å². The summed E-state index contributed by atoms with van der Waals surface area (Å²) in [5.74, 6) is 0.820. The van der Waals surface area contributed by atoms with E-state index >= 15 is 0 Å². The van der Waals surface area contributed by atoms with Crippen molar-refractivity contribution >= 4 is 11.9 Å². The van der Waals surface area contributed by atoms with Crippen LogP contribution >= 0.6 is 0 Å². The van der Waals surface area contributed by atoms with E-state index in [0.29, 0.717) is 11.7 Å². The van der Waals surface area contributed by atoms with E-state index in [9.17, 15) is 4.79 Å². The monoisotopic (exact) mass is 254 g/mol. The second-order valence-electron chi connectivity index (χ2n) is 6.99. The standard InChI is InChI=1S/C18H22O/c1-12-6-5-7-13(10-12)11-14-15-8-9-18(4,16(14)19)17(15,2)3/h5-7,10-11,15H,8-9H2,1-4H3/b14-11-. The summed E-state index contributed by atoms with van der Waals surface area (Å²) in [4.78, 5) is 12.7. The van der Waals surface area contributed by atoms with Gasteiger partial charge in [0.2, 0.25) is 0 Å². The minimum Gasteiger partial charge on any atom is -0.294 e. The molecule has 2 aliphatic carbocycles. The van der Waals surface area contributed by atoms with Crippen molar-refractivity contribution in [3.8, 4) is 0 Å². The van der Waals surface area contributed by atoms with E-state index in [-0.39, 0.29) is 10.8 Å². The van der Waals surface area contributed by atoms with Crippen LogP contribution in [0, 0.1) is 23.7 Å². The number of hydrogen-bond donors (Lipinski definition) is 0. The molecule has 2 fully saturated rings. The van der Waals surface area contributed by atoms with E-state index in [4.69, 9.17) is 0 Å². The van der Waals surface area contributed by atoms with E-state index in [0.717, 1.165) is 24.0 Å². The molecule has 1 aromatic rings. The third kappa shape index (κ3) is 1.57. The number of Topliss-reactive ketones (excluding diaryl/α,β-unsaturated/α-hetero) is 1. The van der Waals surface area contributed by atoms with Crippen molar-refractivity contribution in [1.82, 2.24) is 0 Å². The summed E-state index contributed by atoms with van der Waals surface area (Å²) in [6.45, 7) is 8.78. The summed E-state index contributed by atoms with van der Waals surface area (Å²) in [5, 5.41) is 0. The molecule has 3 rings (SSSR count). The molecule has 2 bridgehead atoms. The minimum atomic E-state index is -0.146. The topological polar surface area (TPSA) is 17.1 Å². The van der Waals surface area contributed by atoms with Gasteiger partial charge in [0, 0.05) is 5.41 Å². The Kier molecular flexibility index (Phi) is 2.54. The van der Waals surface area contributed by atoms with E-state index in [2.05, 4.69) is 58.0 Å². The quantitative estimate of drug-likeness (QED) is 0.679. The van der Waals surface area contributed by atoms with Gasteiger partial charge >= 0.3 is 0 Å². The van der Waals surface area contributed by atoms with Crippen LogP contribution in [0.2, 0.25) is 0 Å². The van der Waals surface area contributed by atoms with Gasteiger partial charge in [0.05, 0.1) is 0 Å². The van der Waals surface area contributed by atoms with Crippen LogP contribution in [0.3, 0.4) is 0 Å². The van der Waals surface area contributed by atoms with Crippen molar-refractivity contribution in [3.63, 3.8) is 0 Å². The van der Waals surface area contributed by atoms with E-state index < -0.39 is 0 Å². The Morgan fingerprint density at radius 3 is 2.58 bits per heavy atom. The zero-order valence-electron chi connectivity index (χ0n) is 12.3. The molecular formula is C18H22O. The van der Waals surface area contributed by atoms with E-state index in [1.807, 2.05) is 0 Å². The lowest BCUT2D eigenvalue weighted by molar-refractivity contribution is -0.125. The second kappa shape index (κ2) is 3.82. The molecule has 1 heteroatoms. The Morgan fingerprint density at radius 1 is 1.26 bits per heavy atom. The molecule has 0 spiro atoms. The lowest BCUT2D eigenvalue weighted by Gasteiger charge is -2.31. The van der Waals surface area contributed by atoms with Crippen LogP contribution in [0.1, 0.15) is 44.7 Å². The largest absolute Gasteiger partial charge is 0.294 e. The first kappa shape index (κ1) is 12.7. The summed E-state index contributed by atoms with van der Waals surface area (Å²) in [6, 6.07) is 8.40. The van der Waals surface area contributed by atoms with Crippen LogP contribution in [-0.4, -0.2) is 5.78 Å². The van der Waals surface area contributed by atoms with Gasteiger partial charge in [0.1, 0.15) is 0 Å².